The minimum absolute atomic E-state index is 0.422. The molecule has 6 heteroatoms. The van der Waals surface area contributed by atoms with Crippen molar-refractivity contribution in [3.63, 3.8) is 0 Å². The molecule has 30 heavy (non-hydrogen) atoms. The molecule has 6 nitrogen and oxygen atoms in total. The summed E-state index contributed by atoms with van der Waals surface area (Å²) < 4.78 is 10.3. The van der Waals surface area contributed by atoms with Crippen LogP contribution in [0.2, 0.25) is 0 Å². The second kappa shape index (κ2) is 11.9. The maximum absolute atomic E-state index is 11.9. The standard InChI is InChI=1S/C24H32N2O4/c1-5-7-13-29-23(27)25-21-11-9-19(15-17(21)3)20-10-12-22(18(4)16-20)26-24(28)30-14-8-6-2/h9-12,15-16H,5-8,13-14H2,1-4H3,(H,25,27)(H,26,28). The lowest BCUT2D eigenvalue weighted by Crippen LogP contribution is -2.15. The SMILES string of the molecule is CCCCOC(=O)Nc1ccc(-c2ccc(NC(=O)OCCCC)c(C)c2)cc1C. The lowest BCUT2D eigenvalue weighted by molar-refractivity contribution is 0.159. The van der Waals surface area contributed by atoms with Gasteiger partial charge in [-0.3, -0.25) is 10.6 Å². The van der Waals surface area contributed by atoms with Gasteiger partial charge in [-0.15, -0.1) is 0 Å². The van der Waals surface area contributed by atoms with E-state index in [0.717, 1.165) is 59.3 Å². The summed E-state index contributed by atoms with van der Waals surface area (Å²) in [5, 5.41) is 5.58. The van der Waals surface area contributed by atoms with E-state index in [1.807, 2.05) is 64.1 Å². The minimum Gasteiger partial charge on any atom is -0.449 e. The zero-order valence-electron chi connectivity index (χ0n) is 18.3. The smallest absolute Gasteiger partial charge is 0.411 e. The summed E-state index contributed by atoms with van der Waals surface area (Å²) >= 11 is 0. The third kappa shape index (κ3) is 7.10. The van der Waals surface area contributed by atoms with E-state index < -0.39 is 12.2 Å². The van der Waals surface area contributed by atoms with Crippen LogP contribution in [0.5, 0.6) is 0 Å². The van der Waals surface area contributed by atoms with Gasteiger partial charge in [-0.1, -0.05) is 38.8 Å². The molecule has 162 valence electrons. The van der Waals surface area contributed by atoms with Crippen LogP contribution in [0.1, 0.15) is 50.7 Å². The summed E-state index contributed by atoms with van der Waals surface area (Å²) in [6, 6.07) is 11.7. The number of ether oxygens (including phenoxy) is 2. The molecule has 0 unspecified atom stereocenters. The third-order valence-corrected chi connectivity index (χ3v) is 4.72. The van der Waals surface area contributed by atoms with E-state index in [0.29, 0.717) is 13.2 Å². The molecular weight excluding hydrogens is 380 g/mol. The Hall–Kier alpha value is -3.02. The van der Waals surface area contributed by atoms with E-state index in [9.17, 15) is 9.59 Å². The first-order valence-electron chi connectivity index (χ1n) is 10.5. The molecule has 0 bridgehead atoms. The molecule has 2 N–H and O–H groups in total. The summed E-state index contributed by atoms with van der Waals surface area (Å²) in [5.74, 6) is 0. The van der Waals surface area contributed by atoms with E-state index in [1.54, 1.807) is 0 Å². The molecular formula is C24H32N2O4. The molecule has 0 aromatic heterocycles. The lowest BCUT2D eigenvalue weighted by Gasteiger charge is -2.13. The van der Waals surface area contributed by atoms with Crippen molar-refractivity contribution in [1.29, 1.82) is 0 Å². The van der Waals surface area contributed by atoms with Crippen LogP contribution in [0.15, 0.2) is 36.4 Å². The Labute approximate surface area is 179 Å². The van der Waals surface area contributed by atoms with E-state index >= 15 is 0 Å². The largest absolute Gasteiger partial charge is 0.449 e. The molecule has 0 aliphatic heterocycles. The van der Waals surface area contributed by atoms with Crippen molar-refractivity contribution in [2.45, 2.75) is 53.4 Å². The molecule has 0 radical (unpaired) electrons. The fraction of sp³-hybridized carbons (Fsp3) is 0.417. The van der Waals surface area contributed by atoms with Gasteiger partial charge >= 0.3 is 12.2 Å². The molecule has 0 fully saturated rings. The number of anilines is 2. The van der Waals surface area contributed by atoms with Gasteiger partial charge in [0.1, 0.15) is 0 Å². The highest BCUT2D eigenvalue weighted by atomic mass is 16.6. The number of aryl methyl sites for hydroxylation is 2. The number of carbonyl (C=O) groups is 2. The maximum Gasteiger partial charge on any atom is 0.411 e. The molecule has 0 heterocycles. The lowest BCUT2D eigenvalue weighted by atomic mass is 10.00. The van der Waals surface area contributed by atoms with E-state index in [1.165, 1.54) is 0 Å². The Morgan fingerprint density at radius 2 is 1.13 bits per heavy atom. The highest BCUT2D eigenvalue weighted by Gasteiger charge is 2.10. The highest BCUT2D eigenvalue weighted by Crippen LogP contribution is 2.28. The Morgan fingerprint density at radius 3 is 1.47 bits per heavy atom. The molecule has 0 aliphatic carbocycles. The fourth-order valence-electron chi connectivity index (χ4n) is 2.88. The normalized spacial score (nSPS) is 10.4. The first-order chi connectivity index (χ1) is 14.4. The first kappa shape index (κ1) is 23.3. The minimum atomic E-state index is -0.434. The number of hydrogen-bond donors (Lipinski definition) is 2. The summed E-state index contributed by atoms with van der Waals surface area (Å²) in [6.07, 6.45) is 2.80. The van der Waals surface area contributed by atoms with Gasteiger partial charge in [-0.2, -0.15) is 0 Å². The van der Waals surface area contributed by atoms with Crippen LogP contribution < -0.4 is 10.6 Å². The number of hydrogen-bond acceptors (Lipinski definition) is 4. The Bertz CT molecular complexity index is 793. The van der Waals surface area contributed by atoms with E-state index in [2.05, 4.69) is 10.6 Å². The van der Waals surface area contributed by atoms with Crippen molar-refractivity contribution in [3.05, 3.63) is 47.5 Å². The van der Waals surface area contributed by atoms with E-state index in [-0.39, 0.29) is 0 Å². The second-order valence-electron chi connectivity index (χ2n) is 7.29. The number of amides is 2. The molecule has 0 saturated carbocycles. The van der Waals surface area contributed by atoms with Crippen LogP contribution in [0.25, 0.3) is 11.1 Å². The molecule has 2 rings (SSSR count). The average molecular weight is 413 g/mol. The summed E-state index contributed by atoms with van der Waals surface area (Å²) in [7, 11) is 0. The number of benzene rings is 2. The van der Waals surface area contributed by atoms with Gasteiger partial charge < -0.3 is 9.47 Å². The van der Waals surface area contributed by atoms with Crippen LogP contribution in [0.3, 0.4) is 0 Å². The Morgan fingerprint density at radius 1 is 0.733 bits per heavy atom. The third-order valence-electron chi connectivity index (χ3n) is 4.72. The van der Waals surface area contributed by atoms with Gasteiger partial charge in [-0.05, 0) is 73.2 Å². The van der Waals surface area contributed by atoms with E-state index in [4.69, 9.17) is 9.47 Å². The summed E-state index contributed by atoms with van der Waals surface area (Å²) in [4.78, 5) is 23.7. The van der Waals surface area contributed by atoms with Crippen molar-refractivity contribution in [1.82, 2.24) is 0 Å². The number of rotatable bonds is 9. The molecule has 0 aliphatic rings. The Kier molecular flexibility index (Phi) is 9.19. The van der Waals surface area contributed by atoms with Gasteiger partial charge in [0, 0.05) is 11.4 Å². The van der Waals surface area contributed by atoms with Crippen molar-refractivity contribution < 1.29 is 19.1 Å². The van der Waals surface area contributed by atoms with Crippen LogP contribution in [0.4, 0.5) is 21.0 Å². The van der Waals surface area contributed by atoms with Gasteiger partial charge in [0.2, 0.25) is 0 Å². The quantitative estimate of drug-likeness (QED) is 0.451. The van der Waals surface area contributed by atoms with Crippen molar-refractivity contribution in [2.75, 3.05) is 23.8 Å². The molecule has 2 aromatic carbocycles. The zero-order chi connectivity index (χ0) is 21.9. The second-order valence-corrected chi connectivity index (χ2v) is 7.29. The zero-order valence-corrected chi connectivity index (χ0v) is 18.3. The topological polar surface area (TPSA) is 76.7 Å². The Balaban J connectivity index is 2.03. The molecule has 0 saturated heterocycles. The predicted octanol–water partition coefficient (Wildman–Crippen LogP) is 6.67. The summed E-state index contributed by atoms with van der Waals surface area (Å²) in [6.45, 7) is 8.83. The van der Waals surface area contributed by atoms with Gasteiger partial charge in [0.25, 0.3) is 0 Å². The average Bonchev–Trinajstić information content (AvgIpc) is 2.71. The van der Waals surface area contributed by atoms with Crippen molar-refractivity contribution in [2.24, 2.45) is 0 Å². The summed E-state index contributed by atoms with van der Waals surface area (Å²) in [5.41, 5.74) is 5.39. The van der Waals surface area contributed by atoms with Crippen LogP contribution in [-0.2, 0) is 9.47 Å². The van der Waals surface area contributed by atoms with Crippen LogP contribution in [-0.4, -0.2) is 25.4 Å². The van der Waals surface area contributed by atoms with Gasteiger partial charge in [-0.25, -0.2) is 9.59 Å². The molecule has 2 aromatic rings. The maximum atomic E-state index is 11.9. The monoisotopic (exact) mass is 412 g/mol. The first-order valence-corrected chi connectivity index (χ1v) is 10.5. The van der Waals surface area contributed by atoms with Crippen LogP contribution >= 0.6 is 0 Å². The number of unbranched alkanes of at least 4 members (excludes halogenated alkanes) is 2. The fourth-order valence-corrected chi connectivity index (χ4v) is 2.88. The number of carbonyl (C=O) groups excluding carboxylic acids is 2. The van der Waals surface area contributed by atoms with Gasteiger partial charge in [0.15, 0.2) is 0 Å². The number of nitrogens with one attached hydrogen (secondary N) is 2. The van der Waals surface area contributed by atoms with Crippen molar-refractivity contribution in [3.8, 4) is 11.1 Å². The van der Waals surface area contributed by atoms with Gasteiger partial charge in [0.05, 0.1) is 13.2 Å². The molecule has 0 spiro atoms. The molecule has 2 amide bonds. The van der Waals surface area contributed by atoms with Crippen LogP contribution in [0, 0.1) is 13.8 Å². The van der Waals surface area contributed by atoms with Crippen molar-refractivity contribution >= 4 is 23.6 Å². The molecule has 0 atom stereocenters. The highest BCUT2D eigenvalue weighted by molar-refractivity contribution is 5.88. The predicted molar refractivity (Wildman–Crippen MR) is 121 cm³/mol.